The van der Waals surface area contributed by atoms with Crippen LogP contribution in [0, 0.1) is 0 Å². The third-order valence-corrected chi connectivity index (χ3v) is 17.3. The zero-order valence-electron chi connectivity index (χ0n) is 61.2. The zero-order valence-corrected chi connectivity index (χ0v) is 63.0. The zero-order chi connectivity index (χ0) is 71.8. The average molecular weight is 1420 g/mol. The summed E-state index contributed by atoms with van der Waals surface area (Å²) in [5.74, 6) is -2.35. The van der Waals surface area contributed by atoms with E-state index in [0.717, 1.165) is 161 Å². The van der Waals surface area contributed by atoms with E-state index in [2.05, 4.69) is 125 Å². The summed E-state index contributed by atoms with van der Waals surface area (Å²) >= 11 is 0. The van der Waals surface area contributed by atoms with Crippen molar-refractivity contribution in [1.29, 1.82) is 0 Å². The molecular weight excluding hydrogens is 1280 g/mol. The topological polar surface area (TPSA) is 237 Å². The van der Waals surface area contributed by atoms with Crippen molar-refractivity contribution >= 4 is 39.5 Å². The van der Waals surface area contributed by atoms with Gasteiger partial charge in [0.25, 0.3) is 0 Å². The minimum atomic E-state index is -5.00. The molecule has 0 bridgehead atoms. The van der Waals surface area contributed by atoms with E-state index in [-0.39, 0.29) is 25.7 Å². The van der Waals surface area contributed by atoms with Crippen molar-refractivity contribution in [2.45, 2.75) is 316 Å². The normalized spacial score (nSPS) is 14.6. The van der Waals surface area contributed by atoms with E-state index in [1.807, 2.05) is 18.2 Å². The van der Waals surface area contributed by atoms with Crippen LogP contribution in [0.3, 0.4) is 0 Å². The molecule has 0 aliphatic heterocycles. The first-order valence-electron chi connectivity index (χ1n) is 37.8. The van der Waals surface area contributed by atoms with E-state index in [1.165, 1.54) is 57.8 Å². The van der Waals surface area contributed by atoms with Gasteiger partial charge in [0, 0.05) is 19.3 Å². The molecule has 0 amide bonds. The molecule has 3 N–H and O–H groups in total. The predicted molar refractivity (Wildman–Crippen MR) is 399 cm³/mol. The van der Waals surface area contributed by atoms with Crippen molar-refractivity contribution in [2.75, 3.05) is 39.6 Å². The van der Waals surface area contributed by atoms with E-state index in [1.54, 1.807) is 6.08 Å². The summed E-state index contributed by atoms with van der Waals surface area (Å²) in [6.07, 6.45) is 76.6. The Hall–Kier alpha value is -4.54. The second-order valence-electron chi connectivity index (χ2n) is 24.9. The Balaban J connectivity index is 5.37. The quantitative estimate of drug-likeness (QED) is 0.0169. The largest absolute Gasteiger partial charge is 0.472 e. The lowest BCUT2D eigenvalue weighted by atomic mass is 10.1. The number of phosphoric ester groups is 2. The molecule has 0 aliphatic rings. The van der Waals surface area contributed by atoms with Crippen molar-refractivity contribution in [3.8, 4) is 0 Å². The number of carbonyl (C=O) groups is 4. The van der Waals surface area contributed by atoms with Crippen LogP contribution in [0.2, 0.25) is 0 Å². The molecule has 0 aromatic rings. The number of hydrogen-bond acceptors (Lipinski definition) is 15. The van der Waals surface area contributed by atoms with E-state index in [9.17, 15) is 43.2 Å². The Morgan fingerprint density at radius 2 is 0.592 bits per heavy atom. The van der Waals surface area contributed by atoms with Gasteiger partial charge in [-0.2, -0.15) is 0 Å². The van der Waals surface area contributed by atoms with Gasteiger partial charge in [0.1, 0.15) is 19.3 Å². The first-order chi connectivity index (χ1) is 47.7. The first kappa shape index (κ1) is 93.5. The fraction of sp³-hybridized carbons (Fsp3) is 0.696. The van der Waals surface area contributed by atoms with Crippen molar-refractivity contribution in [3.63, 3.8) is 0 Å². The Morgan fingerprint density at radius 3 is 0.969 bits per heavy atom. The molecule has 0 aliphatic carbocycles. The predicted octanol–water partition coefficient (Wildman–Crippen LogP) is 21.6. The van der Waals surface area contributed by atoms with Crippen LogP contribution >= 0.6 is 15.6 Å². The Bertz CT molecular complexity index is 2340. The summed E-state index contributed by atoms with van der Waals surface area (Å²) in [7, 11) is -9.98. The number of esters is 4. The maximum Gasteiger partial charge on any atom is 0.472 e. The number of carbonyl (C=O) groups excluding carboxylic acids is 4. The maximum atomic E-state index is 13.1. The third-order valence-electron chi connectivity index (χ3n) is 15.4. The molecule has 0 fully saturated rings. The van der Waals surface area contributed by atoms with Gasteiger partial charge in [-0.25, -0.2) is 9.13 Å². The van der Waals surface area contributed by atoms with Crippen LogP contribution in [0.15, 0.2) is 122 Å². The Morgan fingerprint density at radius 1 is 0.306 bits per heavy atom. The van der Waals surface area contributed by atoms with Crippen molar-refractivity contribution in [2.24, 2.45) is 0 Å². The van der Waals surface area contributed by atoms with Gasteiger partial charge in [-0.3, -0.25) is 37.3 Å². The SMILES string of the molecule is CC/C=C\C/C=C\C/C=C\C/C=C\C/C=C\CC(=O)OCC(COP(=O)(O)OCC(O)COP(=O)(O)OCC(COC(=O)CCCCCCCC/C=C\C/C=C\C/C=C\CCCCC)OC(=O)CCCCCCCCCCCCC)OC(=O)CCCCCCC/C=C\C/C=C\CCC. The van der Waals surface area contributed by atoms with E-state index < -0.39 is 97.5 Å². The van der Waals surface area contributed by atoms with Crippen LogP contribution in [0.4, 0.5) is 0 Å². The molecule has 0 aromatic heterocycles. The van der Waals surface area contributed by atoms with Crippen LogP contribution in [0.25, 0.3) is 0 Å². The molecule has 5 unspecified atom stereocenters. The standard InChI is InChI=1S/C79H134O17P2/c1-5-9-13-17-21-25-29-32-34-35-36-37-39-42-45-48-52-56-60-64-77(82)89-69-74(95-78(83)65-61-57-53-49-43-28-24-20-16-12-8-4)71-93-97(85,86)91-67-73(80)68-92-98(87,88)94-72-75(96-79(84)66-62-58-54-50-46-40-31-27-23-19-15-11-7-3)70-90-76(81)63-59-55-51-47-44-41-38-33-30-26-22-18-14-10-6-2/h10,14-15,19,21-22,25-27,31-34,36-38,44,47,55,59,73-75,80H,5-9,11-13,16-18,20,23-24,28-30,35,39-43,45-46,48-54,56-58,60-72H2,1-4H3,(H,85,86)(H,87,88)/b14-10-,19-15-,25-21-,26-22-,31-27-,34-32-,37-36-,38-33-,47-44-,59-55-. The smallest absolute Gasteiger partial charge is 0.462 e. The Labute approximate surface area is 593 Å². The number of ether oxygens (including phenoxy) is 4. The van der Waals surface area contributed by atoms with E-state index >= 15 is 0 Å². The van der Waals surface area contributed by atoms with Crippen LogP contribution in [-0.4, -0.2) is 96.7 Å². The minimum Gasteiger partial charge on any atom is -0.462 e. The number of unbranched alkanes of at least 4 members (excludes halogenated alkanes) is 25. The molecule has 98 heavy (non-hydrogen) atoms. The van der Waals surface area contributed by atoms with Crippen LogP contribution in [0.5, 0.6) is 0 Å². The van der Waals surface area contributed by atoms with E-state index in [0.29, 0.717) is 25.7 Å². The van der Waals surface area contributed by atoms with Gasteiger partial charge in [0.2, 0.25) is 0 Å². The number of allylic oxidation sites excluding steroid dienone is 19. The summed E-state index contributed by atoms with van der Waals surface area (Å²) in [4.78, 5) is 72.7. The number of hydrogen-bond donors (Lipinski definition) is 3. The van der Waals surface area contributed by atoms with Crippen molar-refractivity contribution in [1.82, 2.24) is 0 Å². The molecule has 0 aromatic carbocycles. The highest BCUT2D eigenvalue weighted by atomic mass is 31.2. The fourth-order valence-electron chi connectivity index (χ4n) is 9.69. The first-order valence-corrected chi connectivity index (χ1v) is 40.8. The summed E-state index contributed by atoms with van der Waals surface area (Å²) in [5, 5.41) is 10.6. The number of phosphoric acid groups is 2. The molecule has 5 atom stereocenters. The fourth-order valence-corrected chi connectivity index (χ4v) is 11.3. The van der Waals surface area contributed by atoms with Crippen LogP contribution in [0.1, 0.15) is 297 Å². The molecule has 0 saturated carbocycles. The van der Waals surface area contributed by atoms with Gasteiger partial charge in [0.05, 0.1) is 32.8 Å². The van der Waals surface area contributed by atoms with Gasteiger partial charge in [0.15, 0.2) is 12.2 Å². The highest BCUT2D eigenvalue weighted by Gasteiger charge is 2.30. The summed E-state index contributed by atoms with van der Waals surface area (Å²) in [5.41, 5.74) is 0. The molecule has 0 saturated heterocycles. The second kappa shape index (κ2) is 70.9. The number of rotatable bonds is 70. The average Bonchev–Trinajstić information content (AvgIpc) is 0.983. The van der Waals surface area contributed by atoms with Gasteiger partial charge in [-0.1, -0.05) is 278 Å². The summed E-state index contributed by atoms with van der Waals surface area (Å²) in [6.45, 7) is 4.51. The van der Waals surface area contributed by atoms with Gasteiger partial charge >= 0.3 is 39.5 Å². The van der Waals surface area contributed by atoms with Gasteiger partial charge < -0.3 is 33.8 Å². The lowest BCUT2D eigenvalue weighted by Crippen LogP contribution is -2.30. The van der Waals surface area contributed by atoms with Crippen molar-refractivity contribution in [3.05, 3.63) is 122 Å². The van der Waals surface area contributed by atoms with E-state index in [4.69, 9.17) is 37.0 Å². The Kier molecular flexibility index (Phi) is 67.6. The van der Waals surface area contributed by atoms with Crippen LogP contribution in [-0.2, 0) is 65.4 Å². The summed E-state index contributed by atoms with van der Waals surface area (Å²) in [6, 6.07) is 0. The molecule has 17 nitrogen and oxygen atoms in total. The van der Waals surface area contributed by atoms with Gasteiger partial charge in [-0.15, -0.1) is 0 Å². The highest BCUT2D eigenvalue weighted by molar-refractivity contribution is 7.47. The monoisotopic (exact) mass is 1420 g/mol. The lowest BCUT2D eigenvalue weighted by Gasteiger charge is -2.21. The lowest BCUT2D eigenvalue weighted by molar-refractivity contribution is -0.161. The third kappa shape index (κ3) is 69.9. The van der Waals surface area contributed by atoms with Crippen LogP contribution < -0.4 is 0 Å². The molecule has 0 spiro atoms. The maximum absolute atomic E-state index is 13.1. The molecule has 19 heteroatoms. The molecule has 0 heterocycles. The number of aliphatic hydroxyl groups excluding tert-OH is 1. The second-order valence-corrected chi connectivity index (χ2v) is 27.8. The summed E-state index contributed by atoms with van der Waals surface area (Å²) < 4.78 is 68.2. The molecule has 0 rings (SSSR count). The minimum absolute atomic E-state index is 0.0572. The molecular formula is C79H134O17P2. The highest BCUT2D eigenvalue weighted by Crippen LogP contribution is 2.45. The number of aliphatic hydroxyl groups is 1. The van der Waals surface area contributed by atoms with Crippen molar-refractivity contribution < 1.29 is 80.2 Å². The molecule has 0 radical (unpaired) electrons. The molecule has 562 valence electrons. The van der Waals surface area contributed by atoms with Gasteiger partial charge in [-0.05, 0) is 116 Å².